The molecule has 0 radical (unpaired) electrons. The highest BCUT2D eigenvalue weighted by Gasteiger charge is 2.14. The van der Waals surface area contributed by atoms with Crippen molar-refractivity contribution in [1.82, 2.24) is 0 Å². The summed E-state index contributed by atoms with van der Waals surface area (Å²) >= 11 is 0. The number of benzene rings is 4. The van der Waals surface area contributed by atoms with Crippen LogP contribution in [-0.2, 0) is 0 Å². The maximum atomic E-state index is 9.47. The number of nitrogens with two attached hydrogens (primary N) is 2. The van der Waals surface area contributed by atoms with E-state index in [1.807, 2.05) is 0 Å². The van der Waals surface area contributed by atoms with Gasteiger partial charge in [-0.25, -0.2) is 0 Å². The summed E-state index contributed by atoms with van der Waals surface area (Å²) < 4.78 is 12.1. The van der Waals surface area contributed by atoms with E-state index >= 15 is 0 Å². The van der Waals surface area contributed by atoms with Crippen LogP contribution in [0.2, 0.25) is 0 Å². The molecule has 0 unspecified atom stereocenters. The molecule has 0 aromatic heterocycles. The lowest BCUT2D eigenvalue weighted by Crippen LogP contribution is -1.95. The summed E-state index contributed by atoms with van der Waals surface area (Å²) in [5, 5.41) is 28.0. The third kappa shape index (κ3) is 4.57. The van der Waals surface area contributed by atoms with Crippen LogP contribution < -0.4 is 20.9 Å². The number of nitriles is 3. The lowest BCUT2D eigenvalue weighted by Gasteiger charge is -2.15. The van der Waals surface area contributed by atoms with Crippen molar-refractivity contribution in [3.63, 3.8) is 0 Å². The monoisotopic (exact) mass is 443 g/mol. The quantitative estimate of drug-likeness (QED) is 0.376. The lowest BCUT2D eigenvalue weighted by molar-refractivity contribution is 0.469. The zero-order valence-electron chi connectivity index (χ0n) is 17.8. The molecule has 0 heterocycles. The van der Waals surface area contributed by atoms with Gasteiger partial charge < -0.3 is 20.9 Å². The van der Waals surface area contributed by atoms with Crippen molar-refractivity contribution in [2.24, 2.45) is 0 Å². The van der Waals surface area contributed by atoms with Crippen LogP contribution in [0.4, 0.5) is 11.4 Å². The van der Waals surface area contributed by atoms with Crippen LogP contribution in [0.5, 0.6) is 23.0 Å². The molecule has 0 bridgehead atoms. The minimum atomic E-state index is 0.298. The molecule has 0 saturated heterocycles. The van der Waals surface area contributed by atoms with E-state index in [0.29, 0.717) is 56.6 Å². The lowest BCUT2D eigenvalue weighted by atomic mass is 10.0. The number of ether oxygens (including phenoxy) is 2. The standard InChI is InChI=1S/C27H17N5O2/c28-14-17-1-3-18(4-2-17)24-13-23(33-25-8-5-21(31)11-19(25)15-29)7-10-27(24)34-26-9-6-22(32)12-20(26)16-30/h1-13H,31-32H2. The second-order valence-corrected chi connectivity index (χ2v) is 7.29. The van der Waals surface area contributed by atoms with Gasteiger partial charge in [0, 0.05) is 16.9 Å². The molecular formula is C27H17N5O2. The number of anilines is 2. The maximum Gasteiger partial charge on any atom is 0.145 e. The molecule has 4 aromatic rings. The largest absolute Gasteiger partial charge is 0.456 e. The van der Waals surface area contributed by atoms with Gasteiger partial charge in [-0.05, 0) is 72.3 Å². The van der Waals surface area contributed by atoms with E-state index in [4.69, 9.17) is 26.2 Å². The molecule has 0 atom stereocenters. The number of hydrogen-bond donors (Lipinski definition) is 2. The average Bonchev–Trinajstić information content (AvgIpc) is 2.87. The Morgan fingerprint density at radius 2 is 1.12 bits per heavy atom. The van der Waals surface area contributed by atoms with Crippen molar-refractivity contribution >= 4 is 11.4 Å². The average molecular weight is 443 g/mol. The maximum absolute atomic E-state index is 9.47. The van der Waals surface area contributed by atoms with Crippen molar-refractivity contribution in [2.45, 2.75) is 0 Å². The van der Waals surface area contributed by atoms with Crippen LogP contribution in [-0.4, -0.2) is 0 Å². The number of hydrogen-bond acceptors (Lipinski definition) is 7. The predicted octanol–water partition coefficient (Wildman–Crippen LogP) is 5.72. The van der Waals surface area contributed by atoms with Gasteiger partial charge >= 0.3 is 0 Å². The first-order valence-electron chi connectivity index (χ1n) is 10.1. The molecule has 162 valence electrons. The third-order valence-electron chi connectivity index (χ3n) is 4.97. The summed E-state index contributed by atoms with van der Waals surface area (Å²) in [4.78, 5) is 0. The van der Waals surface area contributed by atoms with Crippen molar-refractivity contribution in [2.75, 3.05) is 11.5 Å². The molecule has 7 nitrogen and oxygen atoms in total. The number of nitrogen functional groups attached to an aromatic ring is 2. The molecule has 0 aliphatic rings. The van der Waals surface area contributed by atoms with E-state index in [0.717, 1.165) is 5.56 Å². The Kier molecular flexibility index (Phi) is 5.99. The predicted molar refractivity (Wildman–Crippen MR) is 128 cm³/mol. The summed E-state index contributed by atoms with van der Waals surface area (Å²) in [6.45, 7) is 0. The fraction of sp³-hybridized carbons (Fsp3) is 0. The van der Waals surface area contributed by atoms with E-state index in [-0.39, 0.29) is 0 Å². The van der Waals surface area contributed by atoms with Gasteiger partial charge in [0.25, 0.3) is 0 Å². The Balaban J connectivity index is 1.78. The Hall–Kier alpha value is -5.45. The smallest absolute Gasteiger partial charge is 0.145 e. The van der Waals surface area contributed by atoms with Crippen molar-refractivity contribution in [3.8, 4) is 52.3 Å². The minimum Gasteiger partial charge on any atom is -0.456 e. The first-order chi connectivity index (χ1) is 16.5. The minimum absolute atomic E-state index is 0.298. The molecule has 4 N–H and O–H groups in total. The van der Waals surface area contributed by atoms with Gasteiger partial charge in [0.15, 0.2) is 0 Å². The SMILES string of the molecule is N#Cc1ccc(-c2cc(Oc3ccc(N)cc3C#N)ccc2Oc2ccc(N)cc2C#N)cc1. The van der Waals surface area contributed by atoms with Gasteiger partial charge in [-0.15, -0.1) is 0 Å². The van der Waals surface area contributed by atoms with Crippen LogP contribution in [0.15, 0.2) is 78.9 Å². The van der Waals surface area contributed by atoms with Crippen molar-refractivity contribution < 1.29 is 9.47 Å². The summed E-state index contributed by atoms with van der Waals surface area (Å²) in [5.41, 5.74) is 15.0. The second-order valence-electron chi connectivity index (χ2n) is 7.29. The number of rotatable bonds is 5. The van der Waals surface area contributed by atoms with Crippen LogP contribution in [0, 0.1) is 34.0 Å². The summed E-state index contributed by atoms with van der Waals surface area (Å²) in [7, 11) is 0. The third-order valence-corrected chi connectivity index (χ3v) is 4.97. The van der Waals surface area contributed by atoms with Gasteiger partial charge in [-0.3, -0.25) is 0 Å². The van der Waals surface area contributed by atoms with Crippen LogP contribution in [0.3, 0.4) is 0 Å². The zero-order valence-corrected chi connectivity index (χ0v) is 17.8. The van der Waals surface area contributed by atoms with E-state index in [9.17, 15) is 10.5 Å². The molecule has 0 saturated carbocycles. The van der Waals surface area contributed by atoms with Crippen molar-refractivity contribution in [3.05, 3.63) is 95.6 Å². The summed E-state index contributed by atoms with van der Waals surface area (Å²) in [6.07, 6.45) is 0. The second kappa shape index (κ2) is 9.36. The molecule has 0 fully saturated rings. The normalized spacial score (nSPS) is 9.91. The van der Waals surface area contributed by atoms with Gasteiger partial charge in [0.05, 0.1) is 22.8 Å². The first-order valence-corrected chi connectivity index (χ1v) is 10.1. The van der Waals surface area contributed by atoms with Crippen LogP contribution in [0.25, 0.3) is 11.1 Å². The van der Waals surface area contributed by atoms with Crippen LogP contribution >= 0.6 is 0 Å². The summed E-state index contributed by atoms with van der Waals surface area (Å²) in [5.74, 6) is 1.65. The van der Waals surface area contributed by atoms with Gasteiger partial charge in [-0.1, -0.05) is 12.1 Å². The van der Waals surface area contributed by atoms with E-state index in [1.165, 1.54) is 0 Å². The fourth-order valence-electron chi connectivity index (χ4n) is 3.30. The van der Waals surface area contributed by atoms with E-state index in [2.05, 4.69) is 18.2 Å². The first kappa shape index (κ1) is 21.8. The van der Waals surface area contributed by atoms with E-state index in [1.54, 1.807) is 78.9 Å². The molecule has 4 rings (SSSR count). The van der Waals surface area contributed by atoms with E-state index < -0.39 is 0 Å². The van der Waals surface area contributed by atoms with Gasteiger partial charge in [0.1, 0.15) is 35.1 Å². The Bertz CT molecular complexity index is 1510. The molecule has 7 heteroatoms. The summed E-state index contributed by atoms with van der Waals surface area (Å²) in [6, 6.07) is 28.1. The molecular weight excluding hydrogens is 426 g/mol. The topological polar surface area (TPSA) is 142 Å². The Morgan fingerprint density at radius 1 is 0.559 bits per heavy atom. The van der Waals surface area contributed by atoms with Crippen LogP contribution in [0.1, 0.15) is 16.7 Å². The molecule has 0 aliphatic heterocycles. The molecule has 0 amide bonds. The highest BCUT2D eigenvalue weighted by atomic mass is 16.5. The molecule has 0 aliphatic carbocycles. The number of nitrogens with zero attached hydrogens (tertiary/aromatic N) is 3. The Morgan fingerprint density at radius 3 is 1.68 bits per heavy atom. The molecule has 34 heavy (non-hydrogen) atoms. The van der Waals surface area contributed by atoms with Gasteiger partial charge in [-0.2, -0.15) is 15.8 Å². The highest BCUT2D eigenvalue weighted by molar-refractivity contribution is 5.73. The highest BCUT2D eigenvalue weighted by Crippen LogP contribution is 2.39. The Labute approximate surface area is 196 Å². The fourth-order valence-corrected chi connectivity index (χ4v) is 3.30. The van der Waals surface area contributed by atoms with Gasteiger partial charge in [0.2, 0.25) is 0 Å². The van der Waals surface area contributed by atoms with Crippen molar-refractivity contribution in [1.29, 1.82) is 15.8 Å². The molecule has 4 aromatic carbocycles. The molecule has 0 spiro atoms. The zero-order chi connectivity index (χ0) is 24.1.